The Bertz CT molecular complexity index is 1650. The fourth-order valence-electron chi connectivity index (χ4n) is 4.11. The Kier molecular flexibility index (Phi) is 13.5. The summed E-state index contributed by atoms with van der Waals surface area (Å²) in [5.74, 6) is -3.28. The van der Waals surface area contributed by atoms with Crippen LogP contribution < -0.4 is 21.7 Å². The highest BCUT2D eigenvalue weighted by atomic mass is 35.5. The van der Waals surface area contributed by atoms with Crippen LogP contribution in [0.25, 0.3) is 0 Å². The lowest BCUT2D eigenvalue weighted by Gasteiger charge is -2.15. The standard InChI is InChI=1S/C28H22Cl4N6O6S4/c29-13-5-7-15(17(31)11-13)23(41)35-33-19(39)3-1-9-37-25(43)21(47-27(37)45)22-26(44)38(28(46)48-22)10-2-4-20(40)34-36-24(42)16-8-6-14(30)12-18(16)32/h5-8,11-12H,1-4,9-10H2,(H,33,39)(H,34,40)(H,35,41)(H,36,42). The first-order chi connectivity index (χ1) is 22.8. The van der Waals surface area contributed by atoms with E-state index in [1.165, 1.54) is 46.2 Å². The summed E-state index contributed by atoms with van der Waals surface area (Å²) in [6, 6.07) is 8.60. The molecule has 0 unspecified atom stereocenters. The van der Waals surface area contributed by atoms with E-state index in [0.717, 1.165) is 23.5 Å². The first kappa shape index (κ1) is 37.9. The molecule has 0 saturated carbocycles. The molecule has 6 amide bonds. The highest BCUT2D eigenvalue weighted by Crippen LogP contribution is 2.42. The van der Waals surface area contributed by atoms with Gasteiger partial charge in [0.05, 0.1) is 31.0 Å². The zero-order valence-electron chi connectivity index (χ0n) is 24.2. The number of halogens is 4. The minimum absolute atomic E-state index is 0.0464. The number of hydrazine groups is 2. The summed E-state index contributed by atoms with van der Waals surface area (Å²) in [6.45, 7) is 0.184. The SMILES string of the molecule is O=C(CCCN1C(=O)C(=C2SC(=S)N(CCCC(=O)NNC(=O)c3ccc(Cl)cc3Cl)C2=O)SC1=S)NNC(=O)c1ccc(Cl)cc1Cl. The number of carbonyl (C=O) groups excluding carboxylic acids is 6. The van der Waals surface area contributed by atoms with Gasteiger partial charge in [-0.1, -0.05) is 94.4 Å². The summed E-state index contributed by atoms with van der Waals surface area (Å²) in [7, 11) is 0. The number of nitrogens with zero attached hydrogens (tertiary/aromatic N) is 2. The Hall–Kier alpha value is -2.96. The van der Waals surface area contributed by atoms with Gasteiger partial charge in [-0.05, 0) is 49.2 Å². The van der Waals surface area contributed by atoms with E-state index in [9.17, 15) is 28.8 Å². The Morgan fingerprint density at radius 1 is 0.625 bits per heavy atom. The van der Waals surface area contributed by atoms with Crippen molar-refractivity contribution < 1.29 is 28.8 Å². The van der Waals surface area contributed by atoms with Crippen LogP contribution in [0.2, 0.25) is 20.1 Å². The van der Waals surface area contributed by atoms with Crippen molar-refractivity contribution in [2.24, 2.45) is 0 Å². The average molecular weight is 809 g/mol. The summed E-state index contributed by atoms with van der Waals surface area (Å²) in [5.41, 5.74) is 9.34. The van der Waals surface area contributed by atoms with Gasteiger partial charge in [-0.15, -0.1) is 0 Å². The van der Waals surface area contributed by atoms with Crippen LogP contribution in [0.3, 0.4) is 0 Å². The number of benzene rings is 2. The average Bonchev–Trinajstić information content (AvgIpc) is 3.47. The fraction of sp³-hybridized carbons (Fsp3) is 0.214. The number of hydrogen-bond acceptors (Lipinski definition) is 10. The van der Waals surface area contributed by atoms with Crippen LogP contribution in [0.15, 0.2) is 46.2 Å². The van der Waals surface area contributed by atoms with Crippen LogP contribution in [0.1, 0.15) is 46.4 Å². The van der Waals surface area contributed by atoms with E-state index in [4.69, 9.17) is 70.8 Å². The van der Waals surface area contributed by atoms with Gasteiger partial charge in [0, 0.05) is 36.0 Å². The van der Waals surface area contributed by atoms with Crippen molar-refractivity contribution in [1.29, 1.82) is 0 Å². The molecule has 0 bridgehead atoms. The van der Waals surface area contributed by atoms with E-state index >= 15 is 0 Å². The summed E-state index contributed by atoms with van der Waals surface area (Å²) in [5, 5.41) is 0.944. The molecule has 12 nitrogen and oxygen atoms in total. The van der Waals surface area contributed by atoms with E-state index in [1.807, 2.05) is 0 Å². The molecule has 4 rings (SSSR count). The first-order valence-corrected chi connectivity index (χ1v) is 17.6. The number of nitrogens with one attached hydrogen (secondary N) is 4. The molecule has 2 aromatic carbocycles. The zero-order chi connectivity index (χ0) is 35.1. The molecule has 48 heavy (non-hydrogen) atoms. The molecule has 2 saturated heterocycles. The monoisotopic (exact) mass is 806 g/mol. The normalized spacial score (nSPS) is 16.0. The number of rotatable bonds is 10. The predicted octanol–water partition coefficient (Wildman–Crippen LogP) is 5.02. The molecule has 0 aromatic heterocycles. The molecular formula is C28H22Cl4N6O6S4. The minimum Gasteiger partial charge on any atom is -0.293 e. The van der Waals surface area contributed by atoms with Crippen LogP contribution in [-0.2, 0) is 19.2 Å². The molecule has 2 fully saturated rings. The summed E-state index contributed by atoms with van der Waals surface area (Å²) < 4.78 is 0.426. The Morgan fingerprint density at radius 3 is 1.35 bits per heavy atom. The topological polar surface area (TPSA) is 157 Å². The Morgan fingerprint density at radius 2 is 1.00 bits per heavy atom. The van der Waals surface area contributed by atoms with Gasteiger partial charge in [0.1, 0.15) is 8.64 Å². The maximum Gasteiger partial charge on any atom is 0.271 e. The molecule has 2 aliphatic heterocycles. The number of thioether (sulfide) groups is 2. The van der Waals surface area contributed by atoms with E-state index in [0.29, 0.717) is 10.0 Å². The van der Waals surface area contributed by atoms with E-state index in [-0.39, 0.29) is 78.4 Å². The second kappa shape index (κ2) is 17.1. The van der Waals surface area contributed by atoms with Crippen LogP contribution in [0, 0.1) is 0 Å². The number of hydrogen-bond donors (Lipinski definition) is 4. The van der Waals surface area contributed by atoms with Crippen molar-refractivity contribution in [3.05, 3.63) is 77.4 Å². The van der Waals surface area contributed by atoms with Crippen molar-refractivity contribution in [3.8, 4) is 0 Å². The molecule has 0 radical (unpaired) electrons. The van der Waals surface area contributed by atoms with Crippen molar-refractivity contribution in [2.75, 3.05) is 13.1 Å². The van der Waals surface area contributed by atoms with Crippen molar-refractivity contribution in [2.45, 2.75) is 25.7 Å². The van der Waals surface area contributed by atoms with E-state index in [1.54, 1.807) is 0 Å². The first-order valence-electron chi connectivity index (χ1n) is 13.7. The molecule has 2 aromatic rings. The molecule has 252 valence electrons. The molecule has 2 heterocycles. The van der Waals surface area contributed by atoms with Gasteiger partial charge in [0.2, 0.25) is 11.8 Å². The van der Waals surface area contributed by atoms with Crippen LogP contribution >= 0.6 is 94.4 Å². The summed E-state index contributed by atoms with van der Waals surface area (Å²) in [4.78, 5) is 78.3. The molecule has 2 aliphatic rings. The van der Waals surface area contributed by atoms with Gasteiger partial charge in [-0.25, -0.2) is 0 Å². The van der Waals surface area contributed by atoms with Gasteiger partial charge in [0.25, 0.3) is 23.6 Å². The van der Waals surface area contributed by atoms with Crippen molar-refractivity contribution in [1.82, 2.24) is 31.5 Å². The highest BCUT2D eigenvalue weighted by Gasteiger charge is 2.41. The van der Waals surface area contributed by atoms with Crippen LogP contribution in [0.4, 0.5) is 0 Å². The quantitative estimate of drug-likeness (QED) is 0.146. The van der Waals surface area contributed by atoms with Gasteiger partial charge < -0.3 is 0 Å². The van der Waals surface area contributed by atoms with Crippen LogP contribution in [-0.4, -0.2) is 67.0 Å². The maximum absolute atomic E-state index is 13.2. The number of amides is 6. The summed E-state index contributed by atoms with van der Waals surface area (Å²) >= 11 is 36.3. The lowest BCUT2D eigenvalue weighted by atomic mass is 10.2. The fourth-order valence-corrected chi connectivity index (χ4v) is 7.87. The molecule has 0 spiro atoms. The second-order valence-electron chi connectivity index (χ2n) is 9.77. The Labute approximate surface area is 312 Å². The minimum atomic E-state index is -0.632. The largest absolute Gasteiger partial charge is 0.293 e. The predicted molar refractivity (Wildman–Crippen MR) is 193 cm³/mol. The van der Waals surface area contributed by atoms with Crippen LogP contribution in [0.5, 0.6) is 0 Å². The second-order valence-corrected chi connectivity index (χ2v) is 14.7. The molecule has 20 heteroatoms. The Balaban J connectivity index is 1.22. The third-order valence-electron chi connectivity index (χ3n) is 6.46. The van der Waals surface area contributed by atoms with Gasteiger partial charge in [0.15, 0.2) is 0 Å². The lowest BCUT2D eigenvalue weighted by molar-refractivity contribution is -0.125. The van der Waals surface area contributed by atoms with E-state index in [2.05, 4.69) is 21.7 Å². The zero-order valence-corrected chi connectivity index (χ0v) is 30.5. The third kappa shape index (κ3) is 9.59. The smallest absolute Gasteiger partial charge is 0.271 e. The van der Waals surface area contributed by atoms with E-state index < -0.39 is 35.4 Å². The third-order valence-corrected chi connectivity index (χ3v) is 10.6. The van der Waals surface area contributed by atoms with Crippen molar-refractivity contribution >= 4 is 138 Å². The maximum atomic E-state index is 13.2. The molecule has 4 N–H and O–H groups in total. The van der Waals surface area contributed by atoms with Gasteiger partial charge in [-0.3, -0.25) is 60.3 Å². The number of carbonyl (C=O) groups is 6. The highest BCUT2D eigenvalue weighted by molar-refractivity contribution is 8.29. The molecular weight excluding hydrogens is 786 g/mol. The van der Waals surface area contributed by atoms with Crippen molar-refractivity contribution in [3.63, 3.8) is 0 Å². The lowest BCUT2D eigenvalue weighted by Crippen LogP contribution is -2.42. The number of thiocarbonyl (C=S) groups is 2. The molecule has 0 atom stereocenters. The molecule has 0 aliphatic carbocycles. The summed E-state index contributed by atoms with van der Waals surface area (Å²) in [6.07, 6.45) is 0.323. The van der Waals surface area contributed by atoms with Gasteiger partial charge >= 0.3 is 0 Å². The van der Waals surface area contributed by atoms with Gasteiger partial charge in [-0.2, -0.15) is 0 Å².